The van der Waals surface area contributed by atoms with Crippen LogP contribution in [-0.2, 0) is 9.53 Å². The van der Waals surface area contributed by atoms with E-state index in [1.165, 1.54) is 0 Å². The maximum atomic E-state index is 11.6. The fraction of sp³-hybridized carbons (Fsp3) is 0.200. The maximum absolute atomic E-state index is 11.6. The number of hydrazone groups is 1. The van der Waals surface area contributed by atoms with Gasteiger partial charge in [-0.25, -0.2) is 9.25 Å². The number of halogens is 2. The molecule has 0 aliphatic heterocycles. The second-order valence-corrected chi connectivity index (χ2v) is 4.04. The van der Waals surface area contributed by atoms with Crippen molar-refractivity contribution < 1.29 is 9.53 Å². The van der Waals surface area contributed by atoms with E-state index in [0.717, 1.165) is 4.47 Å². The van der Waals surface area contributed by atoms with Gasteiger partial charge < -0.3 is 4.74 Å². The van der Waals surface area contributed by atoms with Crippen molar-refractivity contribution in [2.45, 2.75) is 6.92 Å². The predicted octanol–water partition coefficient (Wildman–Crippen LogP) is 2.62. The van der Waals surface area contributed by atoms with Crippen LogP contribution in [0.15, 0.2) is 33.8 Å². The molecule has 0 bridgehead atoms. The zero-order chi connectivity index (χ0) is 12.0. The molecular formula is C10H10Br2N2O2. The molecule has 0 spiro atoms. The minimum Gasteiger partial charge on any atom is -0.461 e. The highest BCUT2D eigenvalue weighted by Gasteiger charge is 2.15. The van der Waals surface area contributed by atoms with Crippen molar-refractivity contribution in [2.24, 2.45) is 5.10 Å². The van der Waals surface area contributed by atoms with E-state index >= 15 is 0 Å². The number of rotatable bonds is 4. The van der Waals surface area contributed by atoms with Crippen molar-refractivity contribution in [3.63, 3.8) is 0 Å². The van der Waals surface area contributed by atoms with Crippen molar-refractivity contribution in [3.8, 4) is 0 Å². The molecule has 1 aromatic carbocycles. The first-order chi connectivity index (χ1) is 7.69. The fourth-order valence-electron chi connectivity index (χ4n) is 1.08. The van der Waals surface area contributed by atoms with E-state index in [0.29, 0.717) is 12.2 Å². The quantitative estimate of drug-likeness (QED) is 0.393. The average molecular weight is 350 g/mol. The van der Waals surface area contributed by atoms with Crippen LogP contribution < -0.4 is 4.45 Å². The number of carbonyl (C=O) groups is 1. The summed E-state index contributed by atoms with van der Waals surface area (Å²) in [4.78, 5) is 11.6. The van der Waals surface area contributed by atoms with Crippen molar-refractivity contribution in [3.05, 3.63) is 34.3 Å². The number of nitrogens with zero attached hydrogens (tertiary/aromatic N) is 1. The van der Waals surface area contributed by atoms with E-state index in [4.69, 9.17) is 4.74 Å². The molecule has 1 rings (SSSR count). The molecule has 0 saturated heterocycles. The van der Waals surface area contributed by atoms with Crippen LogP contribution in [0.4, 0.5) is 0 Å². The molecule has 1 aromatic rings. The van der Waals surface area contributed by atoms with Gasteiger partial charge in [0, 0.05) is 10.0 Å². The van der Waals surface area contributed by atoms with Crippen molar-refractivity contribution >= 4 is 43.8 Å². The Morgan fingerprint density at radius 3 is 2.56 bits per heavy atom. The monoisotopic (exact) mass is 348 g/mol. The molecule has 6 heteroatoms. The molecule has 0 radical (unpaired) electrons. The normalized spacial score (nSPS) is 11.1. The van der Waals surface area contributed by atoms with Gasteiger partial charge in [0.05, 0.1) is 22.8 Å². The smallest absolute Gasteiger partial charge is 0.359 e. The molecular weight excluding hydrogens is 340 g/mol. The van der Waals surface area contributed by atoms with Crippen LogP contribution in [-0.4, -0.2) is 18.3 Å². The SMILES string of the molecule is CCOC(=O)/C(=N\NBr)c1ccc(Br)cc1. The van der Waals surface area contributed by atoms with Gasteiger partial charge >= 0.3 is 5.97 Å². The summed E-state index contributed by atoms with van der Waals surface area (Å²) < 4.78 is 8.24. The van der Waals surface area contributed by atoms with Gasteiger partial charge in [-0.1, -0.05) is 28.1 Å². The first kappa shape index (κ1) is 13.2. The highest BCUT2D eigenvalue weighted by atomic mass is 79.9. The third-order valence-electron chi connectivity index (χ3n) is 1.74. The number of esters is 1. The molecule has 0 aliphatic rings. The lowest BCUT2D eigenvalue weighted by atomic mass is 10.1. The first-order valence-corrected chi connectivity index (χ1v) is 6.14. The van der Waals surface area contributed by atoms with E-state index in [-0.39, 0.29) is 5.71 Å². The Labute approximate surface area is 111 Å². The number of hydrogen-bond donors (Lipinski definition) is 1. The molecule has 1 N–H and O–H groups in total. The molecule has 0 unspecified atom stereocenters. The van der Waals surface area contributed by atoms with Crippen LogP contribution in [0.5, 0.6) is 0 Å². The van der Waals surface area contributed by atoms with Gasteiger partial charge in [-0.15, -0.1) is 0 Å². The zero-order valence-corrected chi connectivity index (χ0v) is 11.7. The number of carbonyl (C=O) groups excluding carboxylic acids is 1. The summed E-state index contributed by atoms with van der Waals surface area (Å²) in [6.07, 6.45) is 0. The molecule has 4 nitrogen and oxygen atoms in total. The lowest BCUT2D eigenvalue weighted by molar-refractivity contribution is -0.134. The number of nitrogens with one attached hydrogen (secondary N) is 1. The molecule has 86 valence electrons. The molecule has 0 heterocycles. The van der Waals surface area contributed by atoms with Crippen molar-refractivity contribution in [1.82, 2.24) is 4.45 Å². The molecule has 16 heavy (non-hydrogen) atoms. The Morgan fingerprint density at radius 1 is 1.44 bits per heavy atom. The lowest BCUT2D eigenvalue weighted by Crippen LogP contribution is -2.20. The van der Waals surface area contributed by atoms with Crippen LogP contribution in [0.1, 0.15) is 12.5 Å². The lowest BCUT2D eigenvalue weighted by Gasteiger charge is -2.05. The Hall–Kier alpha value is -0.880. The fourth-order valence-corrected chi connectivity index (χ4v) is 1.52. The van der Waals surface area contributed by atoms with Crippen molar-refractivity contribution in [1.29, 1.82) is 0 Å². The van der Waals surface area contributed by atoms with Gasteiger partial charge in [0.15, 0.2) is 5.71 Å². The number of hydrogen-bond acceptors (Lipinski definition) is 4. The summed E-state index contributed by atoms with van der Waals surface area (Å²) in [5.74, 6) is -0.461. The second kappa shape index (κ2) is 6.65. The first-order valence-electron chi connectivity index (χ1n) is 4.55. The van der Waals surface area contributed by atoms with E-state index in [1.54, 1.807) is 19.1 Å². The molecule has 0 amide bonds. The summed E-state index contributed by atoms with van der Waals surface area (Å²) in [6.45, 7) is 2.06. The van der Waals surface area contributed by atoms with E-state index in [1.807, 2.05) is 12.1 Å². The van der Waals surface area contributed by atoms with E-state index in [9.17, 15) is 4.79 Å². The molecule has 0 aromatic heterocycles. The maximum Gasteiger partial charge on any atom is 0.359 e. The Balaban J connectivity index is 2.99. The minimum atomic E-state index is -0.461. The number of benzene rings is 1. The zero-order valence-electron chi connectivity index (χ0n) is 8.54. The predicted molar refractivity (Wildman–Crippen MR) is 69.4 cm³/mol. The molecule has 0 aliphatic carbocycles. The van der Waals surface area contributed by atoms with Crippen molar-refractivity contribution in [2.75, 3.05) is 6.61 Å². The van der Waals surface area contributed by atoms with Crippen LogP contribution in [0.2, 0.25) is 0 Å². The Bertz CT molecular complexity index is 390. The van der Waals surface area contributed by atoms with Gasteiger partial charge in [0.2, 0.25) is 0 Å². The third kappa shape index (κ3) is 3.61. The average Bonchev–Trinajstić information content (AvgIpc) is 2.28. The second-order valence-electron chi connectivity index (χ2n) is 2.77. The van der Waals surface area contributed by atoms with E-state index in [2.05, 4.69) is 41.6 Å². The Kier molecular flexibility index (Phi) is 5.48. The summed E-state index contributed by atoms with van der Waals surface area (Å²) in [5.41, 5.74) is 0.917. The largest absolute Gasteiger partial charge is 0.461 e. The van der Waals surface area contributed by atoms with Gasteiger partial charge in [0.25, 0.3) is 0 Å². The van der Waals surface area contributed by atoms with E-state index < -0.39 is 5.97 Å². The topological polar surface area (TPSA) is 50.7 Å². The Morgan fingerprint density at radius 2 is 2.06 bits per heavy atom. The summed E-state index contributed by atoms with van der Waals surface area (Å²) >= 11 is 6.25. The van der Waals surface area contributed by atoms with Crippen LogP contribution in [0.25, 0.3) is 0 Å². The van der Waals surface area contributed by atoms with Gasteiger partial charge in [-0.2, -0.15) is 5.10 Å². The highest BCUT2D eigenvalue weighted by Crippen LogP contribution is 2.12. The molecule has 0 fully saturated rings. The summed E-state index contributed by atoms with van der Waals surface area (Å²) in [6, 6.07) is 7.23. The number of ether oxygens (including phenoxy) is 1. The van der Waals surface area contributed by atoms with Crippen LogP contribution in [0.3, 0.4) is 0 Å². The standard InChI is InChI=1S/C10H10Br2N2O2/c1-2-16-10(15)9(13-14-12)7-3-5-8(11)6-4-7/h3-6,14H,2H2,1H3/b13-9-. The highest BCUT2D eigenvalue weighted by molar-refractivity contribution is 9.10. The summed E-state index contributed by atoms with van der Waals surface area (Å²) in [7, 11) is 0. The van der Waals surface area contributed by atoms with Gasteiger partial charge in [-0.3, -0.25) is 0 Å². The summed E-state index contributed by atoms with van der Waals surface area (Å²) in [5, 5.41) is 3.84. The van der Waals surface area contributed by atoms with Gasteiger partial charge in [0.1, 0.15) is 0 Å². The van der Waals surface area contributed by atoms with Crippen LogP contribution >= 0.6 is 32.1 Å². The molecule has 0 saturated carbocycles. The van der Waals surface area contributed by atoms with Crippen LogP contribution in [0, 0.1) is 0 Å². The minimum absolute atomic E-state index is 0.228. The molecule has 0 atom stereocenters. The van der Waals surface area contributed by atoms with Gasteiger partial charge in [-0.05, 0) is 19.1 Å². The third-order valence-corrected chi connectivity index (χ3v) is 2.45.